The fourth-order valence-corrected chi connectivity index (χ4v) is 4.24. The van der Waals surface area contributed by atoms with E-state index in [0.29, 0.717) is 25.7 Å². The molecule has 0 aliphatic rings. The summed E-state index contributed by atoms with van der Waals surface area (Å²) < 4.78 is 32.1. The molecule has 0 aliphatic heterocycles. The molecule has 28 heavy (non-hydrogen) atoms. The number of nitrogens with one attached hydrogen (secondary N) is 2. The van der Waals surface area contributed by atoms with Crippen LogP contribution in [0.1, 0.15) is 16.3 Å². The Kier molecular flexibility index (Phi) is 8.36. The van der Waals surface area contributed by atoms with Gasteiger partial charge in [-0.3, -0.25) is 4.99 Å². The Bertz CT molecular complexity index is 896. The zero-order valence-corrected chi connectivity index (χ0v) is 18.2. The van der Waals surface area contributed by atoms with Crippen molar-refractivity contribution in [2.24, 2.45) is 4.99 Å². The number of hydrogen-bond donors (Lipinski definition) is 2. The molecule has 1 heterocycles. The lowest BCUT2D eigenvalue weighted by Crippen LogP contribution is -2.38. The van der Waals surface area contributed by atoms with Crippen LogP contribution in [-0.2, 0) is 27.8 Å². The van der Waals surface area contributed by atoms with Crippen LogP contribution in [0.2, 0.25) is 0 Å². The maximum atomic E-state index is 12.3. The van der Waals surface area contributed by atoms with Gasteiger partial charge in [-0.2, -0.15) is 0 Å². The number of aliphatic imine (C=N–C) groups is 1. The lowest BCUT2D eigenvalue weighted by Gasteiger charge is -2.21. The smallest absolute Gasteiger partial charge is 0.240 e. The number of nitrogens with zero attached hydrogens (tertiary/aromatic N) is 3. The zero-order chi connectivity index (χ0) is 20.6. The summed E-state index contributed by atoms with van der Waals surface area (Å²) in [7, 11) is 1.62. The molecular formula is C18H27N5O3S2. The second kappa shape index (κ2) is 10.5. The number of aryl methyl sites for hydroxylation is 1. The molecule has 0 fully saturated rings. The van der Waals surface area contributed by atoms with Gasteiger partial charge in [-0.1, -0.05) is 12.1 Å². The van der Waals surface area contributed by atoms with Crippen LogP contribution in [0.5, 0.6) is 0 Å². The largest absolute Gasteiger partial charge is 0.383 e. The number of benzene rings is 1. The van der Waals surface area contributed by atoms with E-state index in [9.17, 15) is 8.42 Å². The van der Waals surface area contributed by atoms with Crippen molar-refractivity contribution in [1.82, 2.24) is 19.9 Å². The minimum atomic E-state index is -3.56. The quantitative estimate of drug-likeness (QED) is 0.360. The number of thiazole rings is 1. The molecule has 0 radical (unpaired) electrons. The van der Waals surface area contributed by atoms with Crippen molar-refractivity contribution in [3.63, 3.8) is 0 Å². The van der Waals surface area contributed by atoms with Gasteiger partial charge in [0.25, 0.3) is 0 Å². The van der Waals surface area contributed by atoms with E-state index in [4.69, 9.17) is 4.74 Å². The van der Waals surface area contributed by atoms with Crippen LogP contribution in [-0.4, -0.2) is 58.6 Å². The highest BCUT2D eigenvalue weighted by Gasteiger charge is 2.14. The molecule has 0 atom stereocenters. The second-order valence-electron chi connectivity index (χ2n) is 6.15. The van der Waals surface area contributed by atoms with E-state index >= 15 is 0 Å². The Balaban J connectivity index is 1.99. The van der Waals surface area contributed by atoms with E-state index in [1.54, 1.807) is 36.6 Å². The highest BCUT2D eigenvalue weighted by Crippen LogP contribution is 2.12. The minimum absolute atomic E-state index is 0.226. The van der Waals surface area contributed by atoms with Crippen molar-refractivity contribution in [1.29, 1.82) is 0 Å². The second-order valence-corrected chi connectivity index (χ2v) is 8.98. The van der Waals surface area contributed by atoms with E-state index in [0.717, 1.165) is 16.3 Å². The average Bonchev–Trinajstić information content (AvgIpc) is 3.07. The molecule has 154 valence electrons. The molecular weight excluding hydrogens is 398 g/mol. The van der Waals surface area contributed by atoms with Crippen molar-refractivity contribution in [3.8, 4) is 0 Å². The fourth-order valence-electron chi connectivity index (χ4n) is 2.55. The monoisotopic (exact) mass is 425 g/mol. The van der Waals surface area contributed by atoms with Gasteiger partial charge in [-0.15, -0.1) is 11.3 Å². The molecule has 1 aromatic heterocycles. The molecule has 2 N–H and O–H groups in total. The zero-order valence-electron chi connectivity index (χ0n) is 16.6. The Morgan fingerprint density at radius 1 is 1.39 bits per heavy atom. The average molecular weight is 426 g/mol. The summed E-state index contributed by atoms with van der Waals surface area (Å²) in [5.41, 5.74) is 1.83. The molecule has 0 saturated heterocycles. The van der Waals surface area contributed by atoms with E-state index in [1.165, 1.54) is 7.11 Å². The molecule has 2 rings (SSSR count). The van der Waals surface area contributed by atoms with Gasteiger partial charge < -0.3 is 15.0 Å². The van der Waals surface area contributed by atoms with Crippen molar-refractivity contribution in [3.05, 3.63) is 45.9 Å². The van der Waals surface area contributed by atoms with Crippen LogP contribution in [0.3, 0.4) is 0 Å². The summed E-state index contributed by atoms with van der Waals surface area (Å²) in [6.45, 7) is 3.62. The maximum Gasteiger partial charge on any atom is 0.240 e. The number of hydrogen-bond acceptors (Lipinski definition) is 6. The number of methoxy groups -OCH3 is 1. The van der Waals surface area contributed by atoms with Gasteiger partial charge in [0, 0.05) is 39.7 Å². The summed E-state index contributed by atoms with van der Waals surface area (Å²) >= 11 is 1.62. The number of aromatic nitrogens is 1. The van der Waals surface area contributed by atoms with Crippen LogP contribution in [0.25, 0.3) is 0 Å². The number of rotatable bonds is 9. The number of ether oxygens (including phenoxy) is 1. The van der Waals surface area contributed by atoms with E-state index in [2.05, 4.69) is 20.0 Å². The topological polar surface area (TPSA) is 95.9 Å². The summed E-state index contributed by atoms with van der Waals surface area (Å²) in [5.74, 6) is 0.706. The van der Waals surface area contributed by atoms with Crippen molar-refractivity contribution < 1.29 is 13.2 Å². The Hall–Kier alpha value is -2.01. The Morgan fingerprint density at radius 2 is 2.18 bits per heavy atom. The normalized spacial score (nSPS) is 12.2. The highest BCUT2D eigenvalue weighted by molar-refractivity contribution is 7.89. The first-order chi connectivity index (χ1) is 13.4. The maximum absolute atomic E-state index is 12.3. The van der Waals surface area contributed by atoms with Crippen LogP contribution in [0, 0.1) is 6.92 Å². The highest BCUT2D eigenvalue weighted by atomic mass is 32.2. The molecule has 0 unspecified atom stereocenters. The van der Waals surface area contributed by atoms with Crippen LogP contribution >= 0.6 is 11.3 Å². The lowest BCUT2D eigenvalue weighted by atomic mass is 10.2. The summed E-state index contributed by atoms with van der Waals surface area (Å²) in [5, 5.41) is 6.32. The first kappa shape index (κ1) is 22.3. The standard InChI is InChI=1S/C18H27N5O3S2/c1-14-22-16(13-27-14)12-23(3)18(19-2)20-11-15-6-5-7-17(10-15)28(24,25)21-8-9-26-4/h5-7,10,13,21H,8-9,11-12H2,1-4H3,(H,19,20). The predicted molar refractivity (Wildman–Crippen MR) is 112 cm³/mol. The third-order valence-electron chi connectivity index (χ3n) is 3.90. The van der Waals surface area contributed by atoms with Gasteiger partial charge in [0.1, 0.15) is 0 Å². The summed E-state index contributed by atoms with van der Waals surface area (Å²) in [6.07, 6.45) is 0. The Labute approximate surface area is 170 Å². The van der Waals surface area contributed by atoms with Gasteiger partial charge in [0.15, 0.2) is 5.96 Å². The Morgan fingerprint density at radius 3 is 2.82 bits per heavy atom. The van der Waals surface area contributed by atoms with E-state index < -0.39 is 10.0 Å². The first-order valence-corrected chi connectivity index (χ1v) is 11.1. The molecule has 2 aromatic rings. The third kappa shape index (κ3) is 6.55. The minimum Gasteiger partial charge on any atom is -0.383 e. The SMILES string of the molecule is CN=C(NCc1cccc(S(=O)(=O)NCCOC)c1)N(C)Cc1csc(C)n1. The fraction of sp³-hybridized carbons (Fsp3) is 0.444. The third-order valence-corrected chi connectivity index (χ3v) is 6.18. The summed E-state index contributed by atoms with van der Waals surface area (Å²) in [4.78, 5) is 11.0. The molecule has 0 amide bonds. The summed E-state index contributed by atoms with van der Waals surface area (Å²) in [6, 6.07) is 6.83. The van der Waals surface area contributed by atoms with Crippen LogP contribution < -0.4 is 10.0 Å². The van der Waals surface area contributed by atoms with Gasteiger partial charge in [-0.25, -0.2) is 18.1 Å². The van der Waals surface area contributed by atoms with Gasteiger partial charge in [0.05, 0.1) is 28.7 Å². The van der Waals surface area contributed by atoms with Crippen molar-refractivity contribution >= 4 is 27.3 Å². The first-order valence-electron chi connectivity index (χ1n) is 8.76. The van der Waals surface area contributed by atoms with Crippen LogP contribution in [0.15, 0.2) is 39.5 Å². The van der Waals surface area contributed by atoms with E-state index in [-0.39, 0.29) is 11.4 Å². The lowest BCUT2D eigenvalue weighted by molar-refractivity contribution is 0.204. The van der Waals surface area contributed by atoms with Crippen molar-refractivity contribution in [2.75, 3.05) is 34.4 Å². The van der Waals surface area contributed by atoms with Gasteiger partial charge >= 0.3 is 0 Å². The van der Waals surface area contributed by atoms with Crippen LogP contribution in [0.4, 0.5) is 0 Å². The molecule has 8 nitrogen and oxygen atoms in total. The van der Waals surface area contributed by atoms with Gasteiger partial charge in [-0.05, 0) is 24.6 Å². The molecule has 0 spiro atoms. The molecule has 1 aromatic carbocycles. The number of sulfonamides is 1. The van der Waals surface area contributed by atoms with Crippen molar-refractivity contribution in [2.45, 2.75) is 24.9 Å². The molecule has 10 heteroatoms. The number of guanidine groups is 1. The molecule has 0 saturated carbocycles. The van der Waals surface area contributed by atoms with Gasteiger partial charge in [0.2, 0.25) is 10.0 Å². The predicted octanol–water partition coefficient (Wildman–Crippen LogP) is 1.58. The van der Waals surface area contributed by atoms with E-state index in [1.807, 2.05) is 30.3 Å². The molecule has 0 aliphatic carbocycles. The molecule has 0 bridgehead atoms.